The average Bonchev–Trinajstić information content (AvgIpc) is 2.72. The Bertz CT molecular complexity index is 364. The summed E-state index contributed by atoms with van der Waals surface area (Å²) in [4.78, 5) is 0. The first-order valence-corrected chi connectivity index (χ1v) is 16.3. The zero-order chi connectivity index (χ0) is 23.1. The molecule has 0 aliphatic rings. The van der Waals surface area contributed by atoms with E-state index in [1.807, 2.05) is 0 Å². The summed E-state index contributed by atoms with van der Waals surface area (Å²) in [6, 6.07) is 0. The van der Waals surface area contributed by atoms with Crippen LogP contribution in [0.5, 0.6) is 0 Å². The Morgan fingerprint density at radius 3 is 1.00 bits per heavy atom. The first-order valence-electron chi connectivity index (χ1n) is 10.7. The van der Waals surface area contributed by atoms with Crippen LogP contribution in [0.15, 0.2) is 0 Å². The Labute approximate surface area is 241 Å². The van der Waals surface area contributed by atoms with Gasteiger partial charge in [-0.25, -0.2) is 0 Å². The molecule has 0 rings (SSSR count). The molecule has 0 aromatic heterocycles. The van der Waals surface area contributed by atoms with Crippen LogP contribution in [0, 0.1) is 11.8 Å². The van der Waals surface area contributed by atoms with Crippen molar-refractivity contribution in [3.8, 4) is 0 Å². The van der Waals surface area contributed by atoms with Gasteiger partial charge in [-0.3, -0.25) is 0 Å². The Kier molecular flexibility index (Phi) is 23.1. The average molecular weight is 603 g/mol. The van der Waals surface area contributed by atoms with Crippen molar-refractivity contribution in [3.63, 3.8) is 0 Å². The molecule has 0 N–H and O–H groups in total. The molecular formula is C20H42S10. The maximum atomic E-state index is 4.91. The predicted octanol–water partition coefficient (Wildman–Crippen LogP) is 6.85. The van der Waals surface area contributed by atoms with Gasteiger partial charge in [0.1, 0.15) is 0 Å². The van der Waals surface area contributed by atoms with Crippen LogP contribution in [0.3, 0.4) is 0 Å². The summed E-state index contributed by atoms with van der Waals surface area (Å²) in [5.74, 6) is 4.22. The lowest BCUT2D eigenvalue weighted by Crippen LogP contribution is -2.30. The standard InChI is InChI=1S/C20H42S10/c21-7-5-15(25)1-3-17(27)13(11-23)9-19(29)20(30)10-14(12-24)18(28)4-2-16(26)6-8-22/h13-30H,1-12H2/t13-,14+,15?,16?,17?,18?,19?,20?. The highest BCUT2D eigenvalue weighted by atomic mass is 32.1. The molecule has 0 saturated heterocycles. The van der Waals surface area contributed by atoms with Gasteiger partial charge in [0, 0.05) is 31.5 Å². The van der Waals surface area contributed by atoms with E-state index in [1.165, 1.54) is 0 Å². The van der Waals surface area contributed by atoms with Crippen LogP contribution in [0.25, 0.3) is 0 Å². The smallest absolute Gasteiger partial charge is 0.0137 e. The molecule has 0 aromatic carbocycles. The summed E-state index contributed by atoms with van der Waals surface area (Å²) in [6.45, 7) is 0. The van der Waals surface area contributed by atoms with Gasteiger partial charge < -0.3 is 0 Å². The largest absolute Gasteiger partial charge is 0.179 e. The molecule has 30 heavy (non-hydrogen) atoms. The van der Waals surface area contributed by atoms with Crippen molar-refractivity contribution in [2.45, 2.75) is 82.9 Å². The third-order valence-electron chi connectivity index (χ3n) is 5.61. The van der Waals surface area contributed by atoms with Crippen LogP contribution in [0.4, 0.5) is 0 Å². The summed E-state index contributed by atoms with van der Waals surface area (Å²) in [5, 5.41) is 1.82. The van der Waals surface area contributed by atoms with E-state index in [9.17, 15) is 0 Å². The topological polar surface area (TPSA) is 0 Å². The molecule has 0 radical (unpaired) electrons. The lowest BCUT2D eigenvalue weighted by molar-refractivity contribution is 0.437. The van der Waals surface area contributed by atoms with Crippen LogP contribution >= 0.6 is 126 Å². The first kappa shape index (κ1) is 33.5. The monoisotopic (exact) mass is 602 g/mol. The van der Waals surface area contributed by atoms with Gasteiger partial charge in [-0.2, -0.15) is 126 Å². The van der Waals surface area contributed by atoms with Gasteiger partial charge in [0.2, 0.25) is 0 Å². The molecule has 0 spiro atoms. The summed E-state index contributed by atoms with van der Waals surface area (Å²) in [6.07, 6.45) is 8.21. The minimum atomic E-state index is 0.203. The molecule has 6 unspecified atom stereocenters. The second-order valence-electron chi connectivity index (χ2n) is 8.11. The van der Waals surface area contributed by atoms with Crippen molar-refractivity contribution in [2.24, 2.45) is 11.8 Å². The SMILES string of the molecule is SCCC(S)CCC(S)[C@H](CS)CC(S)C(S)C[C@H](CS)C(S)CCC(S)CCS. The van der Waals surface area contributed by atoms with E-state index in [0.717, 1.165) is 74.4 Å². The molecule has 0 nitrogen and oxygen atoms in total. The molecule has 0 bridgehead atoms. The summed E-state index contributed by atoms with van der Waals surface area (Å²) in [7, 11) is 0. The van der Waals surface area contributed by atoms with Crippen molar-refractivity contribution >= 4 is 126 Å². The fraction of sp³-hybridized carbons (Fsp3) is 1.00. The Morgan fingerprint density at radius 1 is 0.400 bits per heavy atom. The zero-order valence-corrected chi connectivity index (χ0v) is 26.5. The van der Waals surface area contributed by atoms with E-state index in [1.54, 1.807) is 0 Å². The Hall–Kier alpha value is 3.50. The highest BCUT2D eigenvalue weighted by molar-refractivity contribution is 7.85. The van der Waals surface area contributed by atoms with Gasteiger partial charge in [0.25, 0.3) is 0 Å². The molecule has 8 atom stereocenters. The van der Waals surface area contributed by atoms with Gasteiger partial charge in [-0.1, -0.05) is 0 Å². The van der Waals surface area contributed by atoms with Gasteiger partial charge >= 0.3 is 0 Å². The number of thiol groups is 10. The molecule has 0 aliphatic carbocycles. The Balaban J connectivity index is 4.55. The van der Waals surface area contributed by atoms with Crippen molar-refractivity contribution in [1.82, 2.24) is 0 Å². The molecule has 10 heteroatoms. The van der Waals surface area contributed by atoms with Gasteiger partial charge in [0.15, 0.2) is 0 Å². The minimum Gasteiger partial charge on any atom is -0.179 e. The number of rotatable bonds is 19. The number of hydrogen-bond donors (Lipinski definition) is 10. The molecule has 0 amide bonds. The first-order chi connectivity index (χ1) is 14.2. The third-order valence-corrected chi connectivity index (χ3v) is 10.8. The number of hydrogen-bond acceptors (Lipinski definition) is 10. The van der Waals surface area contributed by atoms with Crippen molar-refractivity contribution in [2.75, 3.05) is 23.0 Å². The van der Waals surface area contributed by atoms with Gasteiger partial charge in [-0.05, 0) is 86.2 Å². The highest BCUT2D eigenvalue weighted by Gasteiger charge is 2.27. The third kappa shape index (κ3) is 15.5. The van der Waals surface area contributed by atoms with Crippen LogP contribution in [0.1, 0.15) is 51.4 Å². The van der Waals surface area contributed by atoms with Crippen LogP contribution in [0.2, 0.25) is 0 Å². The molecular weight excluding hydrogens is 561 g/mol. The van der Waals surface area contributed by atoms with E-state index >= 15 is 0 Å². The molecule has 0 fully saturated rings. The van der Waals surface area contributed by atoms with Gasteiger partial charge in [0.05, 0.1) is 0 Å². The maximum absolute atomic E-state index is 4.91. The Morgan fingerprint density at radius 2 is 0.733 bits per heavy atom. The van der Waals surface area contributed by atoms with Crippen molar-refractivity contribution in [1.29, 1.82) is 0 Å². The second-order valence-corrected chi connectivity index (χ2v) is 13.9. The van der Waals surface area contributed by atoms with E-state index in [-0.39, 0.29) is 10.5 Å². The summed E-state index contributed by atoms with van der Waals surface area (Å²) < 4.78 is 0. The van der Waals surface area contributed by atoms with Crippen LogP contribution in [-0.2, 0) is 0 Å². The van der Waals surface area contributed by atoms with E-state index < -0.39 is 0 Å². The van der Waals surface area contributed by atoms with E-state index in [2.05, 4.69) is 75.8 Å². The predicted molar refractivity (Wildman–Crippen MR) is 176 cm³/mol. The van der Waals surface area contributed by atoms with Crippen LogP contribution in [-0.4, -0.2) is 54.5 Å². The lowest BCUT2D eigenvalue weighted by Gasteiger charge is -2.30. The zero-order valence-electron chi connectivity index (χ0n) is 17.6. The fourth-order valence-electron chi connectivity index (χ4n) is 3.43. The molecule has 0 saturated carbocycles. The van der Waals surface area contributed by atoms with Crippen molar-refractivity contribution < 1.29 is 0 Å². The highest BCUT2D eigenvalue weighted by Crippen LogP contribution is 2.32. The normalized spacial score (nSPS) is 20.2. The lowest BCUT2D eigenvalue weighted by atomic mass is 9.91. The second kappa shape index (κ2) is 20.7. The van der Waals surface area contributed by atoms with E-state index in [4.69, 9.17) is 50.5 Å². The van der Waals surface area contributed by atoms with Crippen LogP contribution < -0.4 is 0 Å². The van der Waals surface area contributed by atoms with Gasteiger partial charge in [-0.15, -0.1) is 0 Å². The molecule has 0 aliphatic heterocycles. The fourth-order valence-corrected chi connectivity index (χ4v) is 7.69. The van der Waals surface area contributed by atoms with E-state index in [0.29, 0.717) is 32.8 Å². The quantitative estimate of drug-likeness (QED) is 0.0703. The molecule has 0 aromatic rings. The maximum Gasteiger partial charge on any atom is 0.0137 e. The summed E-state index contributed by atoms with van der Waals surface area (Å²) >= 11 is 46.6. The molecule has 182 valence electrons. The molecule has 0 heterocycles. The summed E-state index contributed by atoms with van der Waals surface area (Å²) in [5.41, 5.74) is 0. The van der Waals surface area contributed by atoms with Crippen molar-refractivity contribution in [3.05, 3.63) is 0 Å². The minimum absolute atomic E-state index is 0.203.